The minimum atomic E-state index is -0.948. The molecule has 0 fully saturated rings. The summed E-state index contributed by atoms with van der Waals surface area (Å²) in [5, 5.41) is 18.2. The zero-order valence-corrected chi connectivity index (χ0v) is 7.90. The Bertz CT molecular complexity index is 367. The molecule has 0 amide bonds. The topological polar surface area (TPSA) is 57.5 Å². The third-order valence-corrected chi connectivity index (χ3v) is 1.92. The van der Waals surface area contributed by atoms with E-state index in [2.05, 4.69) is 0 Å². The van der Waals surface area contributed by atoms with Crippen molar-refractivity contribution in [2.45, 2.75) is 13.3 Å². The van der Waals surface area contributed by atoms with Crippen molar-refractivity contribution >= 4 is 12.0 Å². The second-order valence-electron chi connectivity index (χ2n) is 2.89. The molecule has 14 heavy (non-hydrogen) atoms. The highest BCUT2D eigenvalue weighted by Gasteiger charge is 2.05. The Labute approximate surface area is 82.3 Å². The molecule has 0 aliphatic carbocycles. The fraction of sp³-hybridized carbons (Fsp3) is 0.182. The summed E-state index contributed by atoms with van der Waals surface area (Å²) in [6.45, 7) is 1.76. The van der Waals surface area contributed by atoms with Gasteiger partial charge in [0.1, 0.15) is 5.75 Å². The van der Waals surface area contributed by atoms with Crippen molar-refractivity contribution < 1.29 is 15.0 Å². The summed E-state index contributed by atoms with van der Waals surface area (Å²) in [5.74, 6) is -0.851. The second-order valence-corrected chi connectivity index (χ2v) is 2.89. The van der Waals surface area contributed by atoms with E-state index in [0.29, 0.717) is 12.0 Å². The molecule has 2 N–H and O–H groups in total. The number of aromatic hydroxyl groups is 1. The molecule has 1 rings (SSSR count). The average Bonchev–Trinajstić information content (AvgIpc) is 2.16. The van der Waals surface area contributed by atoms with Gasteiger partial charge in [-0.1, -0.05) is 25.1 Å². The first-order valence-corrected chi connectivity index (χ1v) is 4.37. The number of hydrogen-bond acceptors (Lipinski definition) is 2. The van der Waals surface area contributed by atoms with E-state index in [1.807, 2.05) is 0 Å². The molecule has 3 heteroatoms. The minimum Gasteiger partial charge on any atom is -0.507 e. The molecular weight excluding hydrogens is 180 g/mol. The van der Waals surface area contributed by atoms with Crippen LogP contribution in [-0.2, 0) is 4.79 Å². The Balaban J connectivity index is 3.07. The number of hydrogen-bond donors (Lipinski definition) is 2. The number of phenolic OH excluding ortho intramolecular Hbond substituents is 1. The van der Waals surface area contributed by atoms with E-state index in [1.165, 1.54) is 12.1 Å². The number of carbonyl (C=O) groups is 1. The Morgan fingerprint density at radius 1 is 1.43 bits per heavy atom. The van der Waals surface area contributed by atoms with Crippen molar-refractivity contribution in [3.63, 3.8) is 0 Å². The number of aliphatic carboxylic acids is 1. The van der Waals surface area contributed by atoms with Crippen LogP contribution in [0.3, 0.4) is 0 Å². The highest BCUT2D eigenvalue weighted by Crippen LogP contribution is 2.19. The van der Waals surface area contributed by atoms with Gasteiger partial charge >= 0.3 is 5.97 Å². The summed E-state index contributed by atoms with van der Waals surface area (Å²) in [6.07, 6.45) is 1.92. The highest BCUT2D eigenvalue weighted by molar-refractivity contribution is 5.92. The van der Waals surface area contributed by atoms with Crippen LogP contribution in [-0.4, -0.2) is 16.2 Å². The van der Waals surface area contributed by atoms with Gasteiger partial charge in [-0.15, -0.1) is 0 Å². The predicted octanol–water partition coefficient (Wildman–Crippen LogP) is 2.27. The lowest BCUT2D eigenvalue weighted by molar-refractivity contribution is -0.132. The van der Waals surface area contributed by atoms with Crippen LogP contribution < -0.4 is 0 Å². The summed E-state index contributed by atoms with van der Waals surface area (Å²) in [4.78, 5) is 10.7. The fourth-order valence-electron chi connectivity index (χ4n) is 1.11. The van der Waals surface area contributed by atoms with Gasteiger partial charge in [-0.3, -0.25) is 0 Å². The van der Waals surface area contributed by atoms with Crippen molar-refractivity contribution in [2.24, 2.45) is 0 Å². The lowest BCUT2D eigenvalue weighted by Crippen LogP contribution is -1.98. The molecule has 0 aromatic heterocycles. The SMILES string of the molecule is CC/C(=C/c1ccccc1O)C(=O)O. The average molecular weight is 192 g/mol. The van der Waals surface area contributed by atoms with Crippen LogP contribution >= 0.6 is 0 Å². The van der Waals surface area contributed by atoms with E-state index in [1.54, 1.807) is 25.1 Å². The molecule has 0 heterocycles. The molecular formula is C11H12O3. The van der Waals surface area contributed by atoms with Crippen LogP contribution in [0, 0.1) is 0 Å². The maximum atomic E-state index is 10.7. The summed E-state index contributed by atoms with van der Waals surface area (Å²) in [7, 11) is 0. The molecule has 1 aromatic rings. The third kappa shape index (κ3) is 2.36. The van der Waals surface area contributed by atoms with Crippen LogP contribution in [0.2, 0.25) is 0 Å². The summed E-state index contributed by atoms with van der Waals surface area (Å²) >= 11 is 0. The largest absolute Gasteiger partial charge is 0.507 e. The Hall–Kier alpha value is -1.77. The molecule has 0 spiro atoms. The summed E-state index contributed by atoms with van der Waals surface area (Å²) in [5.41, 5.74) is 0.818. The van der Waals surface area contributed by atoms with Gasteiger partial charge in [0, 0.05) is 11.1 Å². The molecule has 0 saturated carbocycles. The van der Waals surface area contributed by atoms with Crippen molar-refractivity contribution in [3.05, 3.63) is 35.4 Å². The van der Waals surface area contributed by atoms with E-state index in [4.69, 9.17) is 5.11 Å². The molecule has 0 radical (unpaired) electrons. The Kier molecular flexibility index (Phi) is 3.29. The lowest BCUT2D eigenvalue weighted by Gasteiger charge is -2.00. The number of carboxylic acids is 1. The van der Waals surface area contributed by atoms with Gasteiger partial charge < -0.3 is 10.2 Å². The molecule has 0 saturated heterocycles. The number of carboxylic acid groups (broad SMARTS) is 1. The molecule has 74 valence electrons. The van der Waals surface area contributed by atoms with Crippen LogP contribution in [0.5, 0.6) is 5.75 Å². The van der Waals surface area contributed by atoms with Crippen LogP contribution in [0.4, 0.5) is 0 Å². The molecule has 0 bridgehead atoms. The van der Waals surface area contributed by atoms with E-state index >= 15 is 0 Å². The van der Waals surface area contributed by atoms with Crippen molar-refractivity contribution in [3.8, 4) is 5.75 Å². The van der Waals surface area contributed by atoms with Crippen molar-refractivity contribution in [1.29, 1.82) is 0 Å². The highest BCUT2D eigenvalue weighted by atomic mass is 16.4. The van der Waals surface area contributed by atoms with Gasteiger partial charge in [0.2, 0.25) is 0 Å². The van der Waals surface area contributed by atoms with E-state index < -0.39 is 5.97 Å². The smallest absolute Gasteiger partial charge is 0.331 e. The zero-order chi connectivity index (χ0) is 10.6. The number of phenols is 1. The maximum absolute atomic E-state index is 10.7. The fourth-order valence-corrected chi connectivity index (χ4v) is 1.11. The molecule has 3 nitrogen and oxygen atoms in total. The van der Waals surface area contributed by atoms with Gasteiger partial charge in [-0.05, 0) is 18.6 Å². The normalized spacial score (nSPS) is 11.4. The van der Waals surface area contributed by atoms with E-state index in [0.717, 1.165) is 0 Å². The Morgan fingerprint density at radius 2 is 2.07 bits per heavy atom. The molecule has 0 aliphatic heterocycles. The molecule has 0 atom stereocenters. The zero-order valence-electron chi connectivity index (χ0n) is 7.90. The number of benzene rings is 1. The first-order valence-electron chi connectivity index (χ1n) is 4.37. The number of rotatable bonds is 3. The van der Waals surface area contributed by atoms with Crippen LogP contribution in [0.25, 0.3) is 6.08 Å². The van der Waals surface area contributed by atoms with Crippen LogP contribution in [0.15, 0.2) is 29.8 Å². The lowest BCUT2D eigenvalue weighted by atomic mass is 10.1. The quantitative estimate of drug-likeness (QED) is 0.722. The maximum Gasteiger partial charge on any atom is 0.331 e. The molecule has 0 unspecified atom stereocenters. The first kappa shape index (κ1) is 10.3. The summed E-state index contributed by atoms with van der Waals surface area (Å²) < 4.78 is 0. The van der Waals surface area contributed by atoms with Gasteiger partial charge in [-0.25, -0.2) is 4.79 Å². The predicted molar refractivity (Wildman–Crippen MR) is 54.0 cm³/mol. The Morgan fingerprint density at radius 3 is 2.57 bits per heavy atom. The third-order valence-electron chi connectivity index (χ3n) is 1.92. The van der Waals surface area contributed by atoms with E-state index in [9.17, 15) is 9.90 Å². The van der Waals surface area contributed by atoms with Crippen LogP contribution in [0.1, 0.15) is 18.9 Å². The molecule has 1 aromatic carbocycles. The first-order chi connectivity index (χ1) is 6.65. The van der Waals surface area contributed by atoms with Crippen molar-refractivity contribution in [2.75, 3.05) is 0 Å². The van der Waals surface area contributed by atoms with Gasteiger partial charge in [0.15, 0.2) is 0 Å². The monoisotopic (exact) mass is 192 g/mol. The van der Waals surface area contributed by atoms with Gasteiger partial charge in [-0.2, -0.15) is 0 Å². The second kappa shape index (κ2) is 4.46. The van der Waals surface area contributed by atoms with Gasteiger partial charge in [0.25, 0.3) is 0 Å². The minimum absolute atomic E-state index is 0.0969. The summed E-state index contributed by atoms with van der Waals surface area (Å²) in [6, 6.07) is 6.65. The van der Waals surface area contributed by atoms with Gasteiger partial charge in [0.05, 0.1) is 0 Å². The standard InChI is InChI=1S/C11H12O3/c1-2-8(11(13)14)7-9-5-3-4-6-10(9)12/h3-7,12H,2H2,1H3,(H,13,14)/b8-7-. The molecule has 0 aliphatic rings. The number of para-hydroxylation sites is 1. The van der Waals surface area contributed by atoms with E-state index in [-0.39, 0.29) is 11.3 Å². The van der Waals surface area contributed by atoms with Crippen molar-refractivity contribution in [1.82, 2.24) is 0 Å².